The molecule has 0 unspecified atom stereocenters. The van der Waals surface area contributed by atoms with Crippen molar-refractivity contribution < 1.29 is 0 Å². The van der Waals surface area contributed by atoms with E-state index in [-0.39, 0.29) is 0 Å². The molecule has 0 aromatic rings. The molecule has 0 heterocycles. The van der Waals surface area contributed by atoms with E-state index in [4.69, 9.17) is 0 Å². The van der Waals surface area contributed by atoms with Crippen LogP contribution >= 0.6 is 0 Å². The Morgan fingerprint density at radius 1 is 0.286 bits per heavy atom. The van der Waals surface area contributed by atoms with Crippen LogP contribution in [0.15, 0.2) is 0 Å². The second kappa shape index (κ2) is 21.7. The fraction of sp³-hybridized carbons (Fsp3) is 1.00. The minimum Gasteiger partial charge on any atom is -0.0654 e. The molecule has 0 rings (SSSR count). The van der Waals surface area contributed by atoms with E-state index in [1.54, 1.807) is 0 Å². The summed E-state index contributed by atoms with van der Waals surface area (Å²) in [6.45, 7) is 9.36. The lowest BCUT2D eigenvalue weighted by molar-refractivity contribution is 0.171. The lowest BCUT2D eigenvalue weighted by Gasteiger charge is -2.35. The zero-order valence-corrected chi connectivity index (χ0v) is 20.8. The highest BCUT2D eigenvalue weighted by atomic mass is 14.3. The normalized spacial score (nSPS) is 12.0. The Hall–Kier alpha value is 0. The van der Waals surface area contributed by atoms with Gasteiger partial charge >= 0.3 is 0 Å². The summed E-state index contributed by atoms with van der Waals surface area (Å²) >= 11 is 0. The third-order valence-corrected chi connectivity index (χ3v) is 6.99. The highest BCUT2D eigenvalue weighted by molar-refractivity contribution is 4.80. The second-order valence-corrected chi connectivity index (χ2v) is 9.80. The fourth-order valence-corrected chi connectivity index (χ4v) is 4.99. The Kier molecular flexibility index (Phi) is 21.7. The standard InChI is InChI=1S/C28H58/c1-5-9-13-17-21-25-28(24-20-16-12-8-4,26-22-18-14-10-6-2)27-23-19-15-11-7-3/h5-27H2,1-4H3. The highest BCUT2D eigenvalue weighted by Crippen LogP contribution is 2.42. The van der Waals surface area contributed by atoms with Crippen LogP contribution < -0.4 is 0 Å². The molecule has 0 spiro atoms. The van der Waals surface area contributed by atoms with Crippen LogP contribution in [0, 0.1) is 5.41 Å². The molecule has 0 aromatic carbocycles. The Labute approximate surface area is 181 Å². The van der Waals surface area contributed by atoms with E-state index in [0.29, 0.717) is 5.41 Å². The van der Waals surface area contributed by atoms with Gasteiger partial charge in [0.1, 0.15) is 0 Å². The number of hydrogen-bond acceptors (Lipinski definition) is 0. The maximum atomic E-state index is 2.35. The molecule has 170 valence electrons. The third kappa shape index (κ3) is 16.9. The van der Waals surface area contributed by atoms with Gasteiger partial charge in [0.05, 0.1) is 0 Å². The summed E-state index contributed by atoms with van der Waals surface area (Å²) in [6.07, 6.45) is 33.7. The van der Waals surface area contributed by atoms with Gasteiger partial charge in [-0.25, -0.2) is 0 Å². The molecular formula is C28H58. The molecule has 0 saturated heterocycles. The predicted molar refractivity (Wildman–Crippen MR) is 131 cm³/mol. The van der Waals surface area contributed by atoms with Crippen LogP contribution in [0.5, 0.6) is 0 Å². The molecule has 0 N–H and O–H groups in total. The van der Waals surface area contributed by atoms with Crippen molar-refractivity contribution in [3.63, 3.8) is 0 Å². The number of rotatable bonds is 23. The molecule has 0 fully saturated rings. The first-order valence-electron chi connectivity index (χ1n) is 13.7. The summed E-state index contributed by atoms with van der Waals surface area (Å²) in [4.78, 5) is 0. The van der Waals surface area contributed by atoms with E-state index in [1.807, 2.05) is 0 Å². The Balaban J connectivity index is 4.66. The van der Waals surface area contributed by atoms with E-state index < -0.39 is 0 Å². The molecule has 0 heteroatoms. The van der Waals surface area contributed by atoms with Gasteiger partial charge < -0.3 is 0 Å². The van der Waals surface area contributed by atoms with Crippen molar-refractivity contribution in [1.29, 1.82) is 0 Å². The van der Waals surface area contributed by atoms with Crippen molar-refractivity contribution in [3.05, 3.63) is 0 Å². The van der Waals surface area contributed by atoms with E-state index in [0.717, 1.165) is 0 Å². The molecule has 0 aliphatic carbocycles. The average molecular weight is 395 g/mol. The largest absolute Gasteiger partial charge is 0.0654 e. The van der Waals surface area contributed by atoms with Gasteiger partial charge in [-0.15, -0.1) is 0 Å². The topological polar surface area (TPSA) is 0 Å². The average Bonchev–Trinajstić information content (AvgIpc) is 2.70. The molecule has 28 heavy (non-hydrogen) atoms. The van der Waals surface area contributed by atoms with Crippen LogP contribution in [0.4, 0.5) is 0 Å². The Bertz CT molecular complexity index is 244. The monoisotopic (exact) mass is 394 g/mol. The van der Waals surface area contributed by atoms with Crippen LogP contribution in [0.1, 0.15) is 175 Å². The minimum atomic E-state index is 0.693. The van der Waals surface area contributed by atoms with Gasteiger partial charge in [-0.3, -0.25) is 0 Å². The molecule has 0 aromatic heterocycles. The van der Waals surface area contributed by atoms with Crippen LogP contribution in [0.25, 0.3) is 0 Å². The summed E-state index contributed by atoms with van der Waals surface area (Å²) in [5, 5.41) is 0. The third-order valence-electron chi connectivity index (χ3n) is 6.99. The Morgan fingerprint density at radius 3 is 0.750 bits per heavy atom. The lowest BCUT2D eigenvalue weighted by atomic mass is 9.70. The summed E-state index contributed by atoms with van der Waals surface area (Å²) in [7, 11) is 0. The summed E-state index contributed by atoms with van der Waals surface area (Å²) < 4.78 is 0. The van der Waals surface area contributed by atoms with Crippen LogP contribution in [-0.2, 0) is 0 Å². The summed E-state index contributed by atoms with van der Waals surface area (Å²) in [5.41, 5.74) is 0.693. The molecule has 0 nitrogen and oxygen atoms in total. The molecule has 0 saturated carbocycles. The van der Waals surface area contributed by atoms with E-state index in [2.05, 4.69) is 27.7 Å². The van der Waals surface area contributed by atoms with Crippen molar-refractivity contribution in [2.75, 3.05) is 0 Å². The minimum absolute atomic E-state index is 0.693. The molecule has 0 aliphatic rings. The van der Waals surface area contributed by atoms with Crippen LogP contribution in [-0.4, -0.2) is 0 Å². The van der Waals surface area contributed by atoms with Crippen molar-refractivity contribution >= 4 is 0 Å². The van der Waals surface area contributed by atoms with Crippen molar-refractivity contribution in [2.24, 2.45) is 5.41 Å². The quantitative estimate of drug-likeness (QED) is 0.151. The van der Waals surface area contributed by atoms with Crippen LogP contribution in [0.3, 0.4) is 0 Å². The van der Waals surface area contributed by atoms with Crippen molar-refractivity contribution in [3.8, 4) is 0 Å². The van der Waals surface area contributed by atoms with Gasteiger partial charge in [-0.1, -0.05) is 150 Å². The molecule has 0 atom stereocenters. The van der Waals surface area contributed by atoms with Gasteiger partial charge in [0.2, 0.25) is 0 Å². The molecular weight excluding hydrogens is 336 g/mol. The SMILES string of the molecule is CCCCCCCC(CCCCCC)(CCCCCCC)CCCCCCC. The van der Waals surface area contributed by atoms with Crippen molar-refractivity contribution in [1.82, 2.24) is 0 Å². The van der Waals surface area contributed by atoms with Gasteiger partial charge in [-0.2, -0.15) is 0 Å². The second-order valence-electron chi connectivity index (χ2n) is 9.80. The van der Waals surface area contributed by atoms with Gasteiger partial charge in [0.15, 0.2) is 0 Å². The molecule has 0 bridgehead atoms. The van der Waals surface area contributed by atoms with E-state index in [9.17, 15) is 0 Å². The van der Waals surface area contributed by atoms with Gasteiger partial charge in [-0.05, 0) is 31.1 Å². The maximum absolute atomic E-state index is 2.35. The number of unbranched alkanes of at least 4 members (excludes halogenated alkanes) is 15. The fourth-order valence-electron chi connectivity index (χ4n) is 4.99. The maximum Gasteiger partial charge on any atom is -0.0297 e. The first kappa shape index (κ1) is 28.0. The van der Waals surface area contributed by atoms with Gasteiger partial charge in [0, 0.05) is 0 Å². The lowest BCUT2D eigenvalue weighted by Crippen LogP contribution is -2.21. The molecule has 0 radical (unpaired) electrons. The smallest absolute Gasteiger partial charge is 0.0297 e. The van der Waals surface area contributed by atoms with Crippen molar-refractivity contribution in [2.45, 2.75) is 175 Å². The molecule has 0 aliphatic heterocycles. The van der Waals surface area contributed by atoms with Crippen LogP contribution in [0.2, 0.25) is 0 Å². The summed E-state index contributed by atoms with van der Waals surface area (Å²) in [5.74, 6) is 0. The Morgan fingerprint density at radius 2 is 0.500 bits per heavy atom. The zero-order valence-electron chi connectivity index (χ0n) is 20.8. The number of hydrogen-bond donors (Lipinski definition) is 0. The van der Waals surface area contributed by atoms with E-state index in [1.165, 1.54) is 148 Å². The molecule has 0 amide bonds. The van der Waals surface area contributed by atoms with Gasteiger partial charge in [0.25, 0.3) is 0 Å². The highest BCUT2D eigenvalue weighted by Gasteiger charge is 2.28. The zero-order chi connectivity index (χ0) is 20.8. The first-order chi connectivity index (χ1) is 13.7. The summed E-state index contributed by atoms with van der Waals surface area (Å²) in [6, 6.07) is 0. The van der Waals surface area contributed by atoms with E-state index >= 15 is 0 Å². The first-order valence-corrected chi connectivity index (χ1v) is 13.7. The predicted octanol–water partition coefficient (Wildman–Crippen LogP) is 11.0.